The summed E-state index contributed by atoms with van der Waals surface area (Å²) in [5.74, 6) is -0.921. The average molecular weight is 633 g/mol. The number of thiazole rings is 1. The lowest BCUT2D eigenvalue weighted by Crippen LogP contribution is -2.66. The van der Waals surface area contributed by atoms with E-state index in [1.807, 2.05) is 32.0 Å². The first-order valence-electron chi connectivity index (χ1n) is 14.5. The summed E-state index contributed by atoms with van der Waals surface area (Å²) in [5, 5.41) is 16.3. The van der Waals surface area contributed by atoms with E-state index in [1.165, 1.54) is 40.7 Å². The fraction of sp³-hybridized carbons (Fsp3) is 0.323. The van der Waals surface area contributed by atoms with Gasteiger partial charge < -0.3 is 26.0 Å². The fourth-order valence-electron chi connectivity index (χ4n) is 5.96. The van der Waals surface area contributed by atoms with Gasteiger partial charge in [-0.2, -0.15) is 5.01 Å². The van der Waals surface area contributed by atoms with E-state index in [4.69, 9.17) is 5.73 Å². The van der Waals surface area contributed by atoms with E-state index in [-0.39, 0.29) is 62.0 Å². The number of hydrogen-bond acceptors (Lipinski definition) is 9. The first-order chi connectivity index (χ1) is 21.6. The number of urea groups is 1. The van der Waals surface area contributed by atoms with Crippen LogP contribution >= 0.6 is 11.3 Å². The number of nitrogens with one attached hydrogen (secondary N) is 1. The summed E-state index contributed by atoms with van der Waals surface area (Å²) in [5.41, 5.74) is 8.78. The summed E-state index contributed by atoms with van der Waals surface area (Å²) >= 11 is 1.37. The molecule has 2 fully saturated rings. The van der Waals surface area contributed by atoms with Crippen LogP contribution in [0.3, 0.4) is 0 Å². The molecular weight excluding hydrogens is 599 g/mol. The molecule has 2 aliphatic rings. The van der Waals surface area contributed by atoms with Crippen LogP contribution in [-0.4, -0.2) is 84.1 Å². The number of rotatable bonds is 8. The van der Waals surface area contributed by atoms with Crippen LogP contribution in [0.4, 0.5) is 14.3 Å². The van der Waals surface area contributed by atoms with E-state index in [9.17, 15) is 23.9 Å². The molecule has 12 nitrogen and oxygen atoms in total. The Morgan fingerprint density at radius 2 is 1.96 bits per heavy atom. The summed E-state index contributed by atoms with van der Waals surface area (Å²) < 4.78 is 14.3. The van der Waals surface area contributed by atoms with Crippen molar-refractivity contribution in [3.05, 3.63) is 83.4 Å². The third kappa shape index (κ3) is 6.11. The van der Waals surface area contributed by atoms with Gasteiger partial charge in [-0.1, -0.05) is 35.6 Å². The van der Waals surface area contributed by atoms with Crippen molar-refractivity contribution in [3.8, 4) is 5.75 Å². The van der Waals surface area contributed by atoms with E-state index in [0.717, 1.165) is 21.3 Å². The zero-order valence-electron chi connectivity index (χ0n) is 24.8. The molecule has 2 aromatic heterocycles. The number of nitrogens with two attached hydrogens (primary N) is 1. The zero-order valence-corrected chi connectivity index (χ0v) is 25.6. The zero-order chi connectivity index (χ0) is 31.8. The van der Waals surface area contributed by atoms with Crippen molar-refractivity contribution < 1.29 is 23.9 Å². The molecule has 0 saturated carbocycles. The van der Waals surface area contributed by atoms with Gasteiger partial charge in [-0.15, -0.1) is 0 Å². The molecule has 2 saturated heterocycles. The second-order valence-corrected chi connectivity index (χ2v) is 12.4. The third-order valence-electron chi connectivity index (χ3n) is 7.99. The van der Waals surface area contributed by atoms with Crippen LogP contribution < -0.4 is 11.1 Å². The number of carbonyl (C=O) groups excluding carboxylic acids is 3. The van der Waals surface area contributed by atoms with Crippen molar-refractivity contribution in [2.45, 2.75) is 51.6 Å². The Labute approximate surface area is 262 Å². The van der Waals surface area contributed by atoms with Crippen molar-refractivity contribution >= 4 is 44.5 Å². The fourth-order valence-corrected chi connectivity index (χ4v) is 6.75. The quantitative estimate of drug-likeness (QED) is 0.269. The molecule has 2 atom stereocenters. The number of pyridine rings is 1. The number of hydrazine groups is 1. The highest BCUT2D eigenvalue weighted by atomic mass is 32.1. The number of aromatic nitrogens is 2. The number of benzene rings is 2. The van der Waals surface area contributed by atoms with Gasteiger partial charge in [0.2, 0.25) is 11.8 Å². The highest BCUT2D eigenvalue weighted by Crippen LogP contribution is 2.33. The molecule has 0 aliphatic carbocycles. The van der Waals surface area contributed by atoms with Crippen LogP contribution in [0.25, 0.3) is 10.2 Å². The molecule has 6 rings (SSSR count). The van der Waals surface area contributed by atoms with Crippen LogP contribution in [0.15, 0.2) is 60.8 Å². The monoisotopic (exact) mass is 632 g/mol. The molecule has 14 heteroatoms. The minimum atomic E-state index is -0.894. The molecular formula is C31H33FN8O4S. The number of nitrogens with zero attached hydrogens (tertiary/aromatic N) is 6. The number of halogens is 1. The minimum absolute atomic E-state index is 0.00787. The van der Waals surface area contributed by atoms with Crippen LogP contribution in [0.2, 0.25) is 0 Å². The van der Waals surface area contributed by atoms with Crippen molar-refractivity contribution in [1.29, 1.82) is 0 Å². The van der Waals surface area contributed by atoms with Crippen LogP contribution in [0, 0.1) is 5.82 Å². The summed E-state index contributed by atoms with van der Waals surface area (Å²) in [7, 11) is 0. The Morgan fingerprint density at radius 3 is 2.67 bits per heavy atom. The number of para-hydroxylation sites is 1. The molecule has 0 spiro atoms. The Morgan fingerprint density at radius 1 is 1.18 bits per heavy atom. The highest BCUT2D eigenvalue weighted by Gasteiger charge is 2.52. The molecule has 4 N–H and O–H groups in total. The second-order valence-electron chi connectivity index (χ2n) is 11.4. The van der Waals surface area contributed by atoms with Crippen LogP contribution in [0.1, 0.15) is 30.7 Å². The maximum Gasteiger partial charge on any atom is 0.332 e. The summed E-state index contributed by atoms with van der Waals surface area (Å²) in [6, 6.07) is 13.0. The van der Waals surface area contributed by atoms with Crippen LogP contribution in [0.5, 0.6) is 5.75 Å². The number of piperazine rings is 1. The van der Waals surface area contributed by atoms with Gasteiger partial charge in [0, 0.05) is 31.2 Å². The molecule has 4 aromatic rings. The van der Waals surface area contributed by atoms with Crippen LogP contribution in [-0.2, 0) is 29.1 Å². The maximum absolute atomic E-state index is 14.1. The Kier molecular flexibility index (Phi) is 8.25. The predicted octanol–water partition coefficient (Wildman–Crippen LogP) is 3.08. The van der Waals surface area contributed by atoms with E-state index >= 15 is 0 Å². The van der Waals surface area contributed by atoms with E-state index in [2.05, 4.69) is 15.3 Å². The highest BCUT2D eigenvalue weighted by molar-refractivity contribution is 7.22. The second kappa shape index (κ2) is 12.3. The molecule has 0 unspecified atom stereocenters. The normalized spacial score (nSPS) is 18.6. The van der Waals surface area contributed by atoms with Gasteiger partial charge >= 0.3 is 6.03 Å². The number of anilines is 1. The van der Waals surface area contributed by atoms with E-state index in [0.29, 0.717) is 10.8 Å². The number of aromatic hydroxyl groups is 1. The summed E-state index contributed by atoms with van der Waals surface area (Å²) in [6.45, 7) is 4.13. The Balaban J connectivity index is 1.31. The van der Waals surface area contributed by atoms with Crippen molar-refractivity contribution in [1.82, 2.24) is 35.1 Å². The number of carbonyl (C=O) groups is 3. The molecule has 2 aliphatic heterocycles. The number of amides is 4. The first kappa shape index (κ1) is 30.2. The molecule has 45 heavy (non-hydrogen) atoms. The van der Waals surface area contributed by atoms with Gasteiger partial charge in [-0.3, -0.25) is 19.6 Å². The molecule has 2 aromatic carbocycles. The predicted molar refractivity (Wildman–Crippen MR) is 166 cm³/mol. The smallest absolute Gasteiger partial charge is 0.332 e. The van der Waals surface area contributed by atoms with Gasteiger partial charge in [-0.05, 0) is 55.3 Å². The number of nitrogen functional groups attached to an aromatic ring is 1. The molecule has 4 amide bonds. The molecule has 0 radical (unpaired) electrons. The average Bonchev–Trinajstić information content (AvgIpc) is 3.54. The molecule has 234 valence electrons. The third-order valence-corrected chi connectivity index (χ3v) is 8.84. The van der Waals surface area contributed by atoms with Gasteiger partial charge in [0.25, 0.3) is 0 Å². The van der Waals surface area contributed by atoms with Gasteiger partial charge in [-0.25, -0.2) is 14.2 Å². The summed E-state index contributed by atoms with van der Waals surface area (Å²) in [6.07, 6.45) is 0.781. The molecule has 4 heterocycles. The largest absolute Gasteiger partial charge is 0.506 e. The Hall–Kier alpha value is -4.82. The van der Waals surface area contributed by atoms with Gasteiger partial charge in [0.15, 0.2) is 5.13 Å². The Bertz CT molecular complexity index is 1730. The standard InChI is InChI=1S/C31H33FN8O4S/c1-18(2)40(31(44)35-13-19-6-8-21(32)9-7-19)38-17-27(42)39-24(12-22-10-11-23(41)14-34-22)29(43)37(16-26(38)39)15-20-4-3-5-25-28(20)36-30(33)45-25/h3-11,14,18,24,26,41H,12-13,15-17H2,1-2H3,(H2,33,36)(H,35,44)/t24-,26+/m0/s1. The minimum Gasteiger partial charge on any atom is -0.506 e. The number of hydrogen-bond donors (Lipinski definition) is 3. The lowest BCUT2D eigenvalue weighted by Gasteiger charge is -2.47. The van der Waals surface area contributed by atoms with Gasteiger partial charge in [0.05, 0.1) is 29.5 Å². The lowest BCUT2D eigenvalue weighted by atomic mass is 10.0. The van der Waals surface area contributed by atoms with E-state index in [1.54, 1.807) is 33.0 Å². The SMILES string of the molecule is CC(C)N(C(=O)NCc1ccc(F)cc1)N1CC(=O)N2[C@@H](Cc3ccc(O)cn3)C(=O)N(Cc3cccc4sc(N)nc34)C[C@@H]21. The van der Waals surface area contributed by atoms with Crippen molar-refractivity contribution in [2.75, 3.05) is 18.8 Å². The first-order valence-corrected chi connectivity index (χ1v) is 15.4. The number of fused-ring (bicyclic) bond motifs is 2. The molecule has 0 bridgehead atoms. The lowest BCUT2D eigenvalue weighted by molar-refractivity contribution is -0.158. The maximum atomic E-state index is 14.1. The van der Waals surface area contributed by atoms with E-state index < -0.39 is 18.2 Å². The van der Waals surface area contributed by atoms with Crippen molar-refractivity contribution in [2.24, 2.45) is 0 Å². The van der Waals surface area contributed by atoms with Crippen molar-refractivity contribution in [3.63, 3.8) is 0 Å². The topological polar surface area (TPSA) is 148 Å². The summed E-state index contributed by atoms with van der Waals surface area (Å²) in [4.78, 5) is 53.4. The van der Waals surface area contributed by atoms with Gasteiger partial charge in [0.1, 0.15) is 23.8 Å².